The molecule has 1 aliphatic rings. The Labute approximate surface area is 166 Å². The largest absolute Gasteiger partial charge is 0.463 e. The van der Waals surface area contributed by atoms with Crippen molar-refractivity contribution in [3.63, 3.8) is 0 Å². The van der Waals surface area contributed by atoms with Crippen LogP contribution in [0.25, 0.3) is 6.08 Å². The molecule has 0 atom stereocenters. The SMILES string of the molecule is CCOC(=O)/C=C/c1ccc(NC(=O)C2CCN(C(=O)C(C)(C)C)CC2)cc1. The Morgan fingerprint density at radius 2 is 1.75 bits per heavy atom. The van der Waals surface area contributed by atoms with Crippen molar-refractivity contribution in [2.75, 3.05) is 25.0 Å². The van der Waals surface area contributed by atoms with Crippen LogP contribution in [0.1, 0.15) is 46.1 Å². The Morgan fingerprint density at radius 1 is 1.14 bits per heavy atom. The van der Waals surface area contributed by atoms with Crippen molar-refractivity contribution in [1.29, 1.82) is 0 Å². The average molecular weight is 386 g/mol. The van der Waals surface area contributed by atoms with E-state index in [0.29, 0.717) is 38.2 Å². The van der Waals surface area contributed by atoms with Gasteiger partial charge in [0.25, 0.3) is 0 Å². The molecule has 6 nitrogen and oxygen atoms in total. The normalized spacial score (nSPS) is 15.5. The summed E-state index contributed by atoms with van der Waals surface area (Å²) in [5, 5.41) is 2.94. The number of ether oxygens (including phenoxy) is 1. The van der Waals surface area contributed by atoms with Crippen molar-refractivity contribution in [3.05, 3.63) is 35.9 Å². The van der Waals surface area contributed by atoms with Crippen molar-refractivity contribution in [3.8, 4) is 0 Å². The van der Waals surface area contributed by atoms with Gasteiger partial charge in [-0.25, -0.2) is 4.79 Å². The third-order valence-corrected chi connectivity index (χ3v) is 4.67. The Bertz CT molecular complexity index is 724. The summed E-state index contributed by atoms with van der Waals surface area (Å²) in [6, 6.07) is 7.27. The summed E-state index contributed by atoms with van der Waals surface area (Å²) in [6.07, 6.45) is 4.40. The second-order valence-corrected chi connectivity index (χ2v) is 8.01. The molecular formula is C22H30N2O4. The lowest BCUT2D eigenvalue weighted by Gasteiger charge is -2.35. The minimum atomic E-state index is -0.390. The van der Waals surface area contributed by atoms with Crippen LogP contribution < -0.4 is 5.32 Å². The molecule has 28 heavy (non-hydrogen) atoms. The number of hydrogen-bond donors (Lipinski definition) is 1. The number of amides is 2. The second kappa shape index (κ2) is 9.53. The van der Waals surface area contributed by atoms with Gasteiger partial charge in [-0.3, -0.25) is 9.59 Å². The zero-order chi connectivity index (χ0) is 20.7. The van der Waals surface area contributed by atoms with Gasteiger partial charge < -0.3 is 15.0 Å². The monoisotopic (exact) mass is 386 g/mol. The first-order valence-corrected chi connectivity index (χ1v) is 9.76. The highest BCUT2D eigenvalue weighted by Gasteiger charge is 2.32. The molecule has 6 heteroatoms. The summed E-state index contributed by atoms with van der Waals surface area (Å²) in [4.78, 5) is 38.1. The third kappa shape index (κ3) is 6.22. The quantitative estimate of drug-likeness (QED) is 0.621. The van der Waals surface area contributed by atoms with E-state index in [1.807, 2.05) is 37.8 Å². The van der Waals surface area contributed by atoms with Crippen LogP contribution >= 0.6 is 0 Å². The molecule has 1 saturated heterocycles. The lowest BCUT2D eigenvalue weighted by molar-refractivity contribution is -0.142. The van der Waals surface area contributed by atoms with Gasteiger partial charge in [-0.2, -0.15) is 0 Å². The number of benzene rings is 1. The Balaban J connectivity index is 1.85. The molecule has 2 amide bonds. The smallest absolute Gasteiger partial charge is 0.330 e. The number of carbonyl (C=O) groups is 3. The van der Waals surface area contributed by atoms with E-state index in [0.717, 1.165) is 5.56 Å². The molecule has 0 aromatic heterocycles. The minimum absolute atomic E-state index is 0.0160. The predicted molar refractivity (Wildman–Crippen MR) is 109 cm³/mol. The van der Waals surface area contributed by atoms with Crippen molar-refractivity contribution >= 4 is 29.5 Å². The molecule has 1 aromatic carbocycles. The van der Waals surface area contributed by atoms with Crippen molar-refractivity contribution in [1.82, 2.24) is 4.90 Å². The average Bonchev–Trinajstić information content (AvgIpc) is 2.66. The van der Waals surface area contributed by atoms with Crippen molar-refractivity contribution in [2.24, 2.45) is 11.3 Å². The Kier molecular flexibility index (Phi) is 7.38. The van der Waals surface area contributed by atoms with Crippen LogP contribution in [0.3, 0.4) is 0 Å². The van der Waals surface area contributed by atoms with E-state index in [1.165, 1.54) is 6.08 Å². The van der Waals surface area contributed by atoms with Crippen LogP contribution in [0.4, 0.5) is 5.69 Å². The molecule has 1 aliphatic heterocycles. The number of hydrogen-bond acceptors (Lipinski definition) is 4. The summed E-state index contributed by atoms with van der Waals surface area (Å²) in [5.41, 5.74) is 1.17. The molecule has 1 fully saturated rings. The lowest BCUT2D eigenvalue weighted by Crippen LogP contribution is -2.45. The molecule has 1 aromatic rings. The molecular weight excluding hydrogens is 356 g/mol. The molecule has 1 heterocycles. The van der Waals surface area contributed by atoms with Gasteiger partial charge >= 0.3 is 5.97 Å². The fourth-order valence-corrected chi connectivity index (χ4v) is 3.10. The Morgan fingerprint density at radius 3 is 2.29 bits per heavy atom. The number of anilines is 1. The molecule has 0 spiro atoms. The first kappa shape index (κ1) is 21.7. The fourth-order valence-electron chi connectivity index (χ4n) is 3.10. The summed E-state index contributed by atoms with van der Waals surface area (Å²) in [6.45, 7) is 9.09. The second-order valence-electron chi connectivity index (χ2n) is 8.01. The van der Waals surface area contributed by atoms with Gasteiger partial charge in [-0.05, 0) is 43.5 Å². The Hall–Kier alpha value is -2.63. The predicted octanol–water partition coefficient (Wildman–Crippen LogP) is 3.49. The molecule has 1 N–H and O–H groups in total. The van der Waals surface area contributed by atoms with Gasteiger partial charge in [0, 0.05) is 36.2 Å². The zero-order valence-corrected chi connectivity index (χ0v) is 17.2. The fraction of sp³-hybridized carbons (Fsp3) is 0.500. The topological polar surface area (TPSA) is 75.7 Å². The molecule has 0 bridgehead atoms. The van der Waals surface area contributed by atoms with Crippen LogP contribution in [0.2, 0.25) is 0 Å². The van der Waals surface area contributed by atoms with Crippen LogP contribution in [0, 0.1) is 11.3 Å². The first-order chi connectivity index (χ1) is 13.2. The van der Waals surface area contributed by atoms with E-state index in [9.17, 15) is 14.4 Å². The number of piperidine rings is 1. The molecule has 0 saturated carbocycles. The summed E-state index contributed by atoms with van der Waals surface area (Å²) < 4.78 is 4.84. The number of likely N-dealkylation sites (tertiary alicyclic amines) is 1. The van der Waals surface area contributed by atoms with E-state index < -0.39 is 5.41 Å². The van der Waals surface area contributed by atoms with Gasteiger partial charge in [-0.15, -0.1) is 0 Å². The van der Waals surface area contributed by atoms with Gasteiger partial charge in [0.15, 0.2) is 0 Å². The van der Waals surface area contributed by atoms with E-state index in [4.69, 9.17) is 4.74 Å². The van der Waals surface area contributed by atoms with Crippen LogP contribution in [0.5, 0.6) is 0 Å². The number of nitrogens with one attached hydrogen (secondary N) is 1. The van der Waals surface area contributed by atoms with Gasteiger partial charge in [0.2, 0.25) is 11.8 Å². The van der Waals surface area contributed by atoms with Crippen LogP contribution in [0.15, 0.2) is 30.3 Å². The molecule has 0 aliphatic carbocycles. The van der Waals surface area contributed by atoms with E-state index in [-0.39, 0.29) is 23.7 Å². The molecule has 152 valence electrons. The van der Waals surface area contributed by atoms with Crippen LogP contribution in [-0.2, 0) is 19.1 Å². The summed E-state index contributed by atoms with van der Waals surface area (Å²) in [7, 11) is 0. The standard InChI is InChI=1S/C22H30N2O4/c1-5-28-19(25)11-8-16-6-9-18(10-7-16)23-20(26)17-12-14-24(15-13-17)21(27)22(2,3)4/h6-11,17H,5,12-15H2,1-4H3,(H,23,26)/b11-8+. The highest BCUT2D eigenvalue weighted by molar-refractivity contribution is 5.93. The van der Waals surface area contributed by atoms with Crippen LogP contribution in [-0.4, -0.2) is 42.4 Å². The molecule has 0 radical (unpaired) electrons. The summed E-state index contributed by atoms with van der Waals surface area (Å²) >= 11 is 0. The third-order valence-electron chi connectivity index (χ3n) is 4.67. The van der Waals surface area contributed by atoms with E-state index in [2.05, 4.69) is 5.32 Å². The molecule has 2 rings (SSSR count). The van der Waals surface area contributed by atoms with Gasteiger partial charge in [0.05, 0.1) is 6.61 Å². The number of nitrogens with zero attached hydrogens (tertiary/aromatic N) is 1. The zero-order valence-electron chi connectivity index (χ0n) is 17.2. The lowest BCUT2D eigenvalue weighted by atomic mass is 9.90. The van der Waals surface area contributed by atoms with Crippen molar-refractivity contribution < 1.29 is 19.1 Å². The van der Waals surface area contributed by atoms with Gasteiger partial charge in [-0.1, -0.05) is 32.9 Å². The maximum Gasteiger partial charge on any atom is 0.330 e. The number of rotatable bonds is 5. The maximum atomic E-state index is 12.5. The summed E-state index contributed by atoms with van der Waals surface area (Å²) in [5.74, 6) is -0.348. The molecule has 0 unspecified atom stereocenters. The maximum absolute atomic E-state index is 12.5. The van der Waals surface area contributed by atoms with Gasteiger partial charge in [0.1, 0.15) is 0 Å². The van der Waals surface area contributed by atoms with E-state index >= 15 is 0 Å². The van der Waals surface area contributed by atoms with E-state index in [1.54, 1.807) is 25.1 Å². The highest BCUT2D eigenvalue weighted by atomic mass is 16.5. The number of esters is 1. The highest BCUT2D eigenvalue weighted by Crippen LogP contribution is 2.24. The van der Waals surface area contributed by atoms with Crippen molar-refractivity contribution in [2.45, 2.75) is 40.5 Å². The minimum Gasteiger partial charge on any atom is -0.463 e. The first-order valence-electron chi connectivity index (χ1n) is 9.76. The number of carbonyl (C=O) groups excluding carboxylic acids is 3.